The summed E-state index contributed by atoms with van der Waals surface area (Å²) in [6.07, 6.45) is 12.0. The summed E-state index contributed by atoms with van der Waals surface area (Å²) in [5.74, 6) is 3.99. The molecule has 5 atom stereocenters. The number of aliphatic imine (C=N–C) groups is 1. The maximum absolute atomic E-state index is 6.49. The number of hydrogen-bond acceptors (Lipinski definition) is 2. The number of thiocarbonyl (C=S) groups is 1. The van der Waals surface area contributed by atoms with E-state index < -0.39 is 0 Å². The second-order valence-corrected chi connectivity index (χ2v) is 11.1. The monoisotopic (exact) mass is 428 g/mol. The number of hydrogen-bond donors (Lipinski definition) is 1. The van der Waals surface area contributed by atoms with Crippen LogP contribution in [0.3, 0.4) is 0 Å². The Kier molecular flexibility index (Phi) is 5.37. The van der Waals surface area contributed by atoms with Gasteiger partial charge in [0.1, 0.15) is 4.99 Å². The van der Waals surface area contributed by atoms with Gasteiger partial charge in [0.15, 0.2) is 0 Å². The van der Waals surface area contributed by atoms with Crippen molar-refractivity contribution in [2.75, 3.05) is 12.4 Å². The Morgan fingerprint density at radius 2 is 1.90 bits per heavy atom. The highest BCUT2D eigenvalue weighted by molar-refractivity contribution is 7.80. The van der Waals surface area contributed by atoms with Crippen molar-refractivity contribution >= 4 is 35.0 Å². The topological polar surface area (TPSA) is 38.4 Å². The summed E-state index contributed by atoms with van der Waals surface area (Å²) in [6, 6.07) is 11.2. The summed E-state index contributed by atoms with van der Waals surface area (Å²) < 4.78 is 0. The largest absolute Gasteiger partial charge is 0.330 e. The minimum absolute atomic E-state index is 0.0958. The normalized spacial score (nSPS) is 43.3. The molecule has 4 bridgehead atoms. The second-order valence-electron chi connectivity index (χ2n) is 10.4. The van der Waals surface area contributed by atoms with Crippen molar-refractivity contribution in [3.63, 3.8) is 0 Å². The van der Waals surface area contributed by atoms with Gasteiger partial charge >= 0.3 is 0 Å². The smallest absolute Gasteiger partial charge is 0.109 e. The summed E-state index contributed by atoms with van der Waals surface area (Å²) in [4.78, 5) is 5.98. The molecule has 4 heteroatoms. The van der Waals surface area contributed by atoms with E-state index in [1.54, 1.807) is 0 Å². The average Bonchev–Trinajstić information content (AvgIpc) is 3.14. The summed E-state index contributed by atoms with van der Waals surface area (Å²) in [7, 11) is 0. The van der Waals surface area contributed by atoms with E-state index in [1.807, 2.05) is 0 Å². The van der Waals surface area contributed by atoms with E-state index in [4.69, 9.17) is 34.5 Å². The van der Waals surface area contributed by atoms with Gasteiger partial charge in [-0.25, -0.2) is 0 Å². The molecule has 5 aliphatic rings. The van der Waals surface area contributed by atoms with E-state index in [0.29, 0.717) is 29.6 Å². The maximum Gasteiger partial charge on any atom is 0.109 e. The number of nitrogens with zero attached hydrogens (tertiary/aromatic N) is 1. The van der Waals surface area contributed by atoms with Crippen LogP contribution in [-0.2, 0) is 5.41 Å². The Balaban J connectivity index is 1.38. The molecule has 0 amide bonds. The number of rotatable bonds is 5. The standard InChI is InChI=1S/C25H33ClN2S/c26-13-21-19-10-24(20-4-2-1-3-5-20)12-22(21)25(11-19,16-24)23(29)28-15-18-8-6-17(14-27)7-9-18/h1-5,15,17-19,21-22H,6-14,16,27H2. The first-order valence-electron chi connectivity index (χ1n) is 11.5. The van der Waals surface area contributed by atoms with E-state index in [9.17, 15) is 0 Å². The molecule has 0 spiro atoms. The minimum Gasteiger partial charge on any atom is -0.330 e. The van der Waals surface area contributed by atoms with Gasteiger partial charge in [-0.2, -0.15) is 0 Å². The van der Waals surface area contributed by atoms with Gasteiger partial charge in [0, 0.05) is 17.5 Å². The first-order chi connectivity index (χ1) is 14.1. The molecule has 2 nitrogen and oxygen atoms in total. The zero-order valence-electron chi connectivity index (χ0n) is 17.2. The van der Waals surface area contributed by atoms with E-state index in [2.05, 4.69) is 36.5 Å². The van der Waals surface area contributed by atoms with Crippen molar-refractivity contribution < 1.29 is 0 Å². The van der Waals surface area contributed by atoms with Gasteiger partial charge < -0.3 is 5.73 Å². The van der Waals surface area contributed by atoms with Gasteiger partial charge in [-0.05, 0) is 98.5 Å². The molecule has 1 aromatic carbocycles. The van der Waals surface area contributed by atoms with Crippen molar-refractivity contribution in [3.8, 4) is 0 Å². The van der Waals surface area contributed by atoms with Crippen LogP contribution >= 0.6 is 23.8 Å². The minimum atomic E-state index is 0.0958. The molecule has 2 N–H and O–H groups in total. The number of alkyl halides is 1. The van der Waals surface area contributed by atoms with Gasteiger partial charge in [-0.1, -0.05) is 42.5 Å². The van der Waals surface area contributed by atoms with Crippen molar-refractivity contribution in [3.05, 3.63) is 35.9 Å². The summed E-state index contributed by atoms with van der Waals surface area (Å²) >= 11 is 12.6. The zero-order chi connectivity index (χ0) is 20.1. The molecule has 156 valence electrons. The van der Waals surface area contributed by atoms with E-state index in [0.717, 1.165) is 17.4 Å². The zero-order valence-corrected chi connectivity index (χ0v) is 18.8. The Hall–Kier alpha value is -0.770. The highest BCUT2D eigenvalue weighted by Crippen LogP contribution is 2.73. The van der Waals surface area contributed by atoms with Gasteiger partial charge in [0.25, 0.3) is 0 Å². The Morgan fingerprint density at radius 1 is 1.14 bits per heavy atom. The van der Waals surface area contributed by atoms with Gasteiger partial charge in [0.2, 0.25) is 0 Å². The predicted molar refractivity (Wildman–Crippen MR) is 126 cm³/mol. The fourth-order valence-electron chi connectivity index (χ4n) is 7.60. The van der Waals surface area contributed by atoms with Crippen LogP contribution < -0.4 is 5.73 Å². The van der Waals surface area contributed by atoms with Crippen LogP contribution in [0.25, 0.3) is 0 Å². The van der Waals surface area contributed by atoms with Crippen LogP contribution in [-0.4, -0.2) is 23.6 Å². The third-order valence-electron chi connectivity index (χ3n) is 8.99. The molecule has 0 radical (unpaired) electrons. The molecule has 0 aromatic heterocycles. The quantitative estimate of drug-likeness (QED) is 0.367. The van der Waals surface area contributed by atoms with Crippen LogP contribution in [0, 0.1) is 35.0 Å². The van der Waals surface area contributed by atoms with E-state index >= 15 is 0 Å². The van der Waals surface area contributed by atoms with Crippen molar-refractivity contribution in [2.24, 2.45) is 45.7 Å². The Morgan fingerprint density at radius 3 is 2.59 bits per heavy atom. The fraction of sp³-hybridized carbons (Fsp3) is 0.680. The molecule has 1 aromatic rings. The SMILES string of the molecule is NCC1CCC(C=NC(=S)C23CC4CC(c5ccccc5)(CC2C4CCl)C3)CC1. The Labute approximate surface area is 185 Å². The number of halogens is 1. The fourth-order valence-corrected chi connectivity index (χ4v) is 8.43. The molecule has 0 heterocycles. The van der Waals surface area contributed by atoms with Crippen molar-refractivity contribution in [1.82, 2.24) is 0 Å². The molecule has 5 aliphatic carbocycles. The molecular formula is C25H33ClN2S. The van der Waals surface area contributed by atoms with Gasteiger partial charge in [-0.15, -0.1) is 11.6 Å². The number of nitrogens with two attached hydrogens (primary N) is 1. The van der Waals surface area contributed by atoms with Crippen LogP contribution in [0.2, 0.25) is 0 Å². The lowest BCUT2D eigenvalue weighted by atomic mass is 9.62. The van der Waals surface area contributed by atoms with Gasteiger partial charge in [0.05, 0.1) is 0 Å². The molecule has 5 saturated carbocycles. The third-order valence-corrected chi connectivity index (χ3v) is 9.86. The molecule has 0 aliphatic heterocycles. The molecular weight excluding hydrogens is 396 g/mol. The Bertz CT molecular complexity index is 787. The van der Waals surface area contributed by atoms with Crippen LogP contribution in [0.15, 0.2) is 35.3 Å². The summed E-state index contributed by atoms with van der Waals surface area (Å²) in [5, 5.41) is 0. The molecule has 6 rings (SSSR count). The van der Waals surface area contributed by atoms with Crippen molar-refractivity contribution in [1.29, 1.82) is 0 Å². The molecule has 29 heavy (non-hydrogen) atoms. The van der Waals surface area contributed by atoms with E-state index in [1.165, 1.54) is 56.9 Å². The summed E-state index contributed by atoms with van der Waals surface area (Å²) in [6.45, 7) is 0.829. The molecule has 5 fully saturated rings. The number of benzene rings is 1. The predicted octanol–water partition coefficient (Wildman–Crippen LogP) is 5.76. The highest BCUT2D eigenvalue weighted by atomic mass is 35.5. The van der Waals surface area contributed by atoms with Crippen LogP contribution in [0.1, 0.15) is 56.9 Å². The second kappa shape index (κ2) is 7.73. The molecule has 0 saturated heterocycles. The lowest BCUT2D eigenvalue weighted by molar-refractivity contribution is 0.176. The average molecular weight is 429 g/mol. The third kappa shape index (κ3) is 3.23. The van der Waals surface area contributed by atoms with Gasteiger partial charge in [-0.3, -0.25) is 4.99 Å². The maximum atomic E-state index is 6.49. The highest BCUT2D eigenvalue weighted by Gasteiger charge is 2.69. The lowest BCUT2D eigenvalue weighted by Gasteiger charge is -2.42. The van der Waals surface area contributed by atoms with Crippen LogP contribution in [0.4, 0.5) is 0 Å². The van der Waals surface area contributed by atoms with Crippen molar-refractivity contribution in [2.45, 2.75) is 56.8 Å². The van der Waals surface area contributed by atoms with E-state index in [-0.39, 0.29) is 10.8 Å². The first-order valence-corrected chi connectivity index (χ1v) is 12.4. The lowest BCUT2D eigenvalue weighted by Crippen LogP contribution is -2.37. The molecule has 5 unspecified atom stereocenters. The van der Waals surface area contributed by atoms with Crippen LogP contribution in [0.5, 0.6) is 0 Å². The first kappa shape index (κ1) is 20.2. The summed E-state index contributed by atoms with van der Waals surface area (Å²) in [5.41, 5.74) is 7.74.